The largest absolute Gasteiger partial charge is 0.372 e. The smallest absolute Gasteiger partial charge is 0.330 e. The van der Waals surface area contributed by atoms with Crippen molar-refractivity contribution in [3.8, 4) is 0 Å². The first-order valence-electron chi connectivity index (χ1n) is 6.63. The summed E-state index contributed by atoms with van der Waals surface area (Å²) >= 11 is 0. The minimum atomic E-state index is -0.859. The second kappa shape index (κ2) is 4.92. The molecule has 2 atom stereocenters. The molecular weight excluding hydrogens is 248 g/mol. The number of carbonyl (C=O) groups is 3. The molecule has 0 bridgehead atoms. The van der Waals surface area contributed by atoms with Gasteiger partial charge in [0.2, 0.25) is 11.8 Å². The fourth-order valence-electron chi connectivity index (χ4n) is 2.01. The van der Waals surface area contributed by atoms with Gasteiger partial charge in [-0.2, -0.15) is 0 Å². The summed E-state index contributed by atoms with van der Waals surface area (Å²) in [5, 5.41) is 2.23. The van der Waals surface area contributed by atoms with E-state index in [0.29, 0.717) is 13.2 Å². The van der Waals surface area contributed by atoms with Crippen LogP contribution in [-0.2, 0) is 14.3 Å². The van der Waals surface area contributed by atoms with E-state index < -0.39 is 23.8 Å². The standard InChI is InChI=1S/C13H20N2O4/c1-4-13(2,3)5-6-15-11(17)9(8-7-19-8)10(16)14-12(15)18/h8-9H,4-7H2,1-3H3,(H,14,16,18). The third-order valence-corrected chi connectivity index (χ3v) is 3.99. The Labute approximate surface area is 112 Å². The first-order valence-corrected chi connectivity index (χ1v) is 6.63. The van der Waals surface area contributed by atoms with Crippen LogP contribution >= 0.6 is 0 Å². The van der Waals surface area contributed by atoms with Crippen molar-refractivity contribution in [1.29, 1.82) is 0 Å². The molecule has 1 N–H and O–H groups in total. The van der Waals surface area contributed by atoms with Crippen LogP contribution in [0.1, 0.15) is 33.6 Å². The highest BCUT2D eigenvalue weighted by atomic mass is 16.6. The average molecular weight is 268 g/mol. The van der Waals surface area contributed by atoms with Crippen LogP contribution in [0.25, 0.3) is 0 Å². The third kappa shape index (κ3) is 2.94. The lowest BCUT2D eigenvalue weighted by Gasteiger charge is -2.32. The molecule has 106 valence electrons. The molecule has 2 unspecified atom stereocenters. The van der Waals surface area contributed by atoms with Crippen molar-refractivity contribution >= 4 is 17.8 Å². The predicted octanol–water partition coefficient (Wildman–Crippen LogP) is 0.906. The zero-order valence-electron chi connectivity index (χ0n) is 11.6. The molecule has 2 fully saturated rings. The second-order valence-electron chi connectivity index (χ2n) is 5.90. The lowest BCUT2D eigenvalue weighted by atomic mass is 9.86. The summed E-state index contributed by atoms with van der Waals surface area (Å²) in [7, 11) is 0. The Balaban J connectivity index is 2.04. The lowest BCUT2D eigenvalue weighted by molar-refractivity contribution is -0.143. The third-order valence-electron chi connectivity index (χ3n) is 3.99. The van der Waals surface area contributed by atoms with Crippen LogP contribution in [0.2, 0.25) is 0 Å². The fraction of sp³-hybridized carbons (Fsp3) is 0.769. The van der Waals surface area contributed by atoms with Crippen molar-refractivity contribution in [2.24, 2.45) is 11.3 Å². The van der Waals surface area contributed by atoms with E-state index in [1.54, 1.807) is 0 Å². The normalized spacial score (nSPS) is 27.5. The second-order valence-corrected chi connectivity index (χ2v) is 5.90. The van der Waals surface area contributed by atoms with Gasteiger partial charge in [0.05, 0.1) is 6.61 Å². The van der Waals surface area contributed by atoms with Crippen molar-refractivity contribution in [1.82, 2.24) is 10.2 Å². The zero-order valence-corrected chi connectivity index (χ0v) is 11.6. The summed E-state index contributed by atoms with van der Waals surface area (Å²) in [5.41, 5.74) is 0.0631. The van der Waals surface area contributed by atoms with E-state index in [9.17, 15) is 14.4 Å². The number of hydrogen-bond donors (Lipinski definition) is 1. The van der Waals surface area contributed by atoms with Gasteiger partial charge in [-0.1, -0.05) is 27.2 Å². The molecule has 2 saturated heterocycles. The van der Waals surface area contributed by atoms with Gasteiger partial charge >= 0.3 is 6.03 Å². The maximum Gasteiger partial charge on any atom is 0.330 e. The van der Waals surface area contributed by atoms with E-state index in [4.69, 9.17) is 4.74 Å². The molecule has 2 rings (SSSR count). The van der Waals surface area contributed by atoms with Gasteiger partial charge in [-0.05, 0) is 11.8 Å². The maximum absolute atomic E-state index is 12.2. The highest BCUT2D eigenvalue weighted by Gasteiger charge is 2.49. The number of barbiturate groups is 1. The maximum atomic E-state index is 12.2. The summed E-state index contributed by atoms with van der Waals surface area (Å²) in [6, 6.07) is -0.612. The van der Waals surface area contributed by atoms with Crippen LogP contribution in [0, 0.1) is 11.3 Å². The molecule has 6 heteroatoms. The minimum Gasteiger partial charge on any atom is -0.372 e. The quantitative estimate of drug-likeness (QED) is 0.593. The molecule has 0 aromatic rings. The number of rotatable bonds is 5. The SMILES string of the molecule is CCC(C)(C)CCN1C(=O)NC(=O)C(C2CO2)C1=O. The van der Waals surface area contributed by atoms with Gasteiger partial charge in [0.15, 0.2) is 0 Å². The molecule has 0 aliphatic carbocycles. The van der Waals surface area contributed by atoms with Crippen molar-refractivity contribution in [2.75, 3.05) is 13.2 Å². The molecule has 0 spiro atoms. The summed E-state index contributed by atoms with van der Waals surface area (Å²) in [4.78, 5) is 36.7. The summed E-state index contributed by atoms with van der Waals surface area (Å²) < 4.78 is 5.02. The Hall–Kier alpha value is -1.43. The Morgan fingerprint density at radius 2 is 2.00 bits per heavy atom. The number of urea groups is 1. The van der Waals surface area contributed by atoms with Crippen LogP contribution < -0.4 is 5.32 Å². The topological polar surface area (TPSA) is 79.0 Å². The van der Waals surface area contributed by atoms with Crippen LogP contribution in [0.15, 0.2) is 0 Å². The summed E-state index contributed by atoms with van der Waals surface area (Å²) in [6.45, 7) is 6.99. The van der Waals surface area contributed by atoms with Gasteiger partial charge in [0.1, 0.15) is 12.0 Å². The van der Waals surface area contributed by atoms with Crippen LogP contribution in [0.4, 0.5) is 4.79 Å². The average Bonchev–Trinajstić information content (AvgIpc) is 3.12. The van der Waals surface area contributed by atoms with Crippen LogP contribution in [0.5, 0.6) is 0 Å². The van der Waals surface area contributed by atoms with Crippen molar-refractivity contribution in [2.45, 2.75) is 39.7 Å². The molecule has 0 radical (unpaired) electrons. The van der Waals surface area contributed by atoms with Gasteiger partial charge in [-0.15, -0.1) is 0 Å². The molecule has 0 aromatic heterocycles. The molecule has 0 saturated carbocycles. The molecule has 0 aromatic carbocycles. The minimum absolute atomic E-state index is 0.0631. The number of nitrogens with zero attached hydrogens (tertiary/aromatic N) is 1. The Morgan fingerprint density at radius 3 is 2.53 bits per heavy atom. The number of epoxide rings is 1. The monoisotopic (exact) mass is 268 g/mol. The fourth-order valence-corrected chi connectivity index (χ4v) is 2.01. The van der Waals surface area contributed by atoms with E-state index in [0.717, 1.165) is 17.7 Å². The Bertz CT molecular complexity index is 415. The number of hydrogen-bond acceptors (Lipinski definition) is 4. The van der Waals surface area contributed by atoms with E-state index in [1.807, 2.05) is 0 Å². The summed E-state index contributed by atoms with van der Waals surface area (Å²) in [6.07, 6.45) is 1.32. The molecule has 19 heavy (non-hydrogen) atoms. The number of amides is 4. The van der Waals surface area contributed by atoms with Crippen molar-refractivity contribution in [3.63, 3.8) is 0 Å². The van der Waals surface area contributed by atoms with Gasteiger partial charge in [0.25, 0.3) is 0 Å². The molecule has 6 nitrogen and oxygen atoms in total. The van der Waals surface area contributed by atoms with Gasteiger partial charge in [-0.25, -0.2) is 4.79 Å². The molecule has 2 heterocycles. The first kappa shape index (κ1) is 14.0. The van der Waals surface area contributed by atoms with E-state index >= 15 is 0 Å². The molecule has 2 aliphatic rings. The van der Waals surface area contributed by atoms with E-state index in [1.165, 1.54) is 0 Å². The number of imide groups is 2. The predicted molar refractivity (Wildman–Crippen MR) is 67.2 cm³/mol. The number of carbonyl (C=O) groups excluding carboxylic acids is 3. The summed E-state index contributed by atoms with van der Waals surface area (Å²) in [5.74, 6) is -1.82. The van der Waals surface area contributed by atoms with Crippen LogP contribution in [-0.4, -0.2) is 42.0 Å². The first-order chi connectivity index (χ1) is 8.85. The highest BCUT2D eigenvalue weighted by molar-refractivity contribution is 6.16. The van der Waals surface area contributed by atoms with Crippen molar-refractivity contribution in [3.05, 3.63) is 0 Å². The Kier molecular flexibility index (Phi) is 3.62. The highest BCUT2D eigenvalue weighted by Crippen LogP contribution is 2.28. The molecule has 2 aliphatic heterocycles. The number of ether oxygens (including phenoxy) is 1. The zero-order chi connectivity index (χ0) is 14.2. The molecule has 4 amide bonds. The van der Waals surface area contributed by atoms with Crippen molar-refractivity contribution < 1.29 is 19.1 Å². The van der Waals surface area contributed by atoms with Gasteiger partial charge in [-0.3, -0.25) is 19.8 Å². The Morgan fingerprint density at radius 1 is 1.37 bits per heavy atom. The van der Waals surface area contributed by atoms with E-state index in [-0.39, 0.29) is 11.5 Å². The van der Waals surface area contributed by atoms with Gasteiger partial charge in [0, 0.05) is 6.54 Å². The lowest BCUT2D eigenvalue weighted by Crippen LogP contribution is -2.59. The van der Waals surface area contributed by atoms with Gasteiger partial charge < -0.3 is 4.74 Å². The van der Waals surface area contributed by atoms with E-state index in [2.05, 4.69) is 26.1 Å². The number of nitrogens with one attached hydrogen (secondary N) is 1. The molecular formula is C13H20N2O4. The van der Waals surface area contributed by atoms with Crippen LogP contribution in [0.3, 0.4) is 0 Å².